The summed E-state index contributed by atoms with van der Waals surface area (Å²) in [6, 6.07) is 13.4. The Balaban J connectivity index is 1.73. The van der Waals surface area contributed by atoms with Crippen molar-refractivity contribution < 1.29 is 4.79 Å². The number of amides is 1. The lowest BCUT2D eigenvalue weighted by atomic mass is 9.86. The van der Waals surface area contributed by atoms with Crippen LogP contribution in [0.25, 0.3) is 0 Å². The Morgan fingerprint density at radius 1 is 1.04 bits per heavy atom. The molecule has 3 aromatic rings. The highest BCUT2D eigenvalue weighted by Gasteiger charge is 2.19. The molecule has 0 unspecified atom stereocenters. The molecular formula is C22H23ClN4O. The van der Waals surface area contributed by atoms with Gasteiger partial charge in [0.2, 0.25) is 5.95 Å². The van der Waals surface area contributed by atoms with Crippen molar-refractivity contribution in [3.05, 3.63) is 76.6 Å². The van der Waals surface area contributed by atoms with Crippen LogP contribution in [0.2, 0.25) is 5.02 Å². The monoisotopic (exact) mass is 394 g/mol. The second-order valence-electron chi connectivity index (χ2n) is 7.63. The number of nitrogens with zero attached hydrogens (tertiary/aromatic N) is 2. The van der Waals surface area contributed by atoms with Gasteiger partial charge < -0.3 is 10.6 Å². The fourth-order valence-electron chi connectivity index (χ4n) is 2.75. The Labute approximate surface area is 170 Å². The van der Waals surface area contributed by atoms with Crippen LogP contribution in [0.15, 0.2) is 54.9 Å². The van der Waals surface area contributed by atoms with Crippen LogP contribution in [-0.4, -0.2) is 15.9 Å². The summed E-state index contributed by atoms with van der Waals surface area (Å²) >= 11 is 6.13. The first kappa shape index (κ1) is 19.8. The topological polar surface area (TPSA) is 66.9 Å². The normalized spacial score (nSPS) is 11.2. The van der Waals surface area contributed by atoms with Crippen LogP contribution in [0.5, 0.6) is 0 Å². The summed E-state index contributed by atoms with van der Waals surface area (Å²) in [5.74, 6) is 0.146. The van der Waals surface area contributed by atoms with Gasteiger partial charge in [-0.05, 0) is 41.7 Å². The molecule has 1 heterocycles. The lowest BCUT2D eigenvalue weighted by Crippen LogP contribution is -2.19. The molecule has 0 bridgehead atoms. The summed E-state index contributed by atoms with van der Waals surface area (Å²) < 4.78 is 0. The Kier molecular flexibility index (Phi) is 5.66. The van der Waals surface area contributed by atoms with Gasteiger partial charge in [0.25, 0.3) is 5.91 Å². The Hall–Kier alpha value is -2.92. The molecule has 2 aromatic carbocycles. The number of hydrogen-bond donors (Lipinski definition) is 2. The molecular weight excluding hydrogens is 372 g/mol. The van der Waals surface area contributed by atoms with Crippen LogP contribution in [-0.2, 0) is 5.41 Å². The van der Waals surface area contributed by atoms with Gasteiger partial charge in [-0.15, -0.1) is 0 Å². The van der Waals surface area contributed by atoms with Crippen LogP contribution < -0.4 is 10.6 Å². The number of aromatic nitrogens is 2. The Bertz CT molecular complexity index is 994. The third-order valence-electron chi connectivity index (χ3n) is 4.33. The highest BCUT2D eigenvalue weighted by Crippen LogP contribution is 2.29. The van der Waals surface area contributed by atoms with E-state index in [2.05, 4.69) is 41.4 Å². The highest BCUT2D eigenvalue weighted by atomic mass is 35.5. The van der Waals surface area contributed by atoms with Gasteiger partial charge in [0.05, 0.1) is 5.56 Å². The molecule has 0 aliphatic rings. The van der Waals surface area contributed by atoms with Crippen molar-refractivity contribution in [1.82, 2.24) is 9.97 Å². The van der Waals surface area contributed by atoms with Crippen LogP contribution in [0, 0.1) is 6.92 Å². The van der Waals surface area contributed by atoms with Crippen molar-refractivity contribution in [3.63, 3.8) is 0 Å². The van der Waals surface area contributed by atoms with E-state index in [4.69, 9.17) is 11.6 Å². The minimum absolute atomic E-state index is 0.0799. The average Bonchev–Trinajstić information content (AvgIpc) is 2.65. The number of para-hydroxylation sites is 1. The van der Waals surface area contributed by atoms with E-state index in [0.29, 0.717) is 16.5 Å². The second-order valence-corrected chi connectivity index (χ2v) is 8.04. The van der Waals surface area contributed by atoms with Gasteiger partial charge in [0, 0.05) is 28.8 Å². The molecule has 5 nitrogen and oxygen atoms in total. The van der Waals surface area contributed by atoms with Crippen molar-refractivity contribution in [2.24, 2.45) is 0 Å². The van der Waals surface area contributed by atoms with E-state index in [9.17, 15) is 4.79 Å². The molecule has 144 valence electrons. The molecule has 0 spiro atoms. The van der Waals surface area contributed by atoms with Crippen molar-refractivity contribution in [1.29, 1.82) is 0 Å². The predicted molar refractivity (Wildman–Crippen MR) is 115 cm³/mol. The summed E-state index contributed by atoms with van der Waals surface area (Å²) in [5, 5.41) is 6.70. The highest BCUT2D eigenvalue weighted by molar-refractivity contribution is 6.31. The number of rotatable bonds is 4. The summed E-state index contributed by atoms with van der Waals surface area (Å²) in [4.78, 5) is 21.1. The van der Waals surface area contributed by atoms with Crippen LogP contribution in [0.3, 0.4) is 0 Å². The fraction of sp³-hybridized carbons (Fsp3) is 0.227. The summed E-state index contributed by atoms with van der Waals surface area (Å²) in [7, 11) is 0. The van der Waals surface area contributed by atoms with Crippen LogP contribution >= 0.6 is 11.6 Å². The van der Waals surface area contributed by atoms with Crippen molar-refractivity contribution in [2.75, 3.05) is 10.6 Å². The molecule has 6 heteroatoms. The van der Waals surface area contributed by atoms with E-state index in [1.54, 1.807) is 0 Å². The fourth-order valence-corrected chi connectivity index (χ4v) is 2.93. The maximum atomic E-state index is 12.6. The molecule has 1 aromatic heterocycles. The second kappa shape index (κ2) is 7.98. The minimum atomic E-state index is -0.248. The lowest BCUT2D eigenvalue weighted by Gasteiger charge is -2.23. The smallest absolute Gasteiger partial charge is 0.258 e. The first-order valence-electron chi connectivity index (χ1n) is 9.00. The molecule has 3 rings (SSSR count). The van der Waals surface area contributed by atoms with Crippen LogP contribution in [0.1, 0.15) is 42.3 Å². The first-order chi connectivity index (χ1) is 13.2. The quantitative estimate of drug-likeness (QED) is 0.592. The summed E-state index contributed by atoms with van der Waals surface area (Å²) in [6.07, 6.45) is 3.00. The maximum Gasteiger partial charge on any atom is 0.258 e. The minimum Gasteiger partial charge on any atom is -0.324 e. The number of hydrogen-bond acceptors (Lipinski definition) is 4. The SMILES string of the molecule is Cc1ccc(Nc2ncc(C(=O)Nc3ccccc3C(C)(C)C)cn2)cc1Cl. The summed E-state index contributed by atoms with van der Waals surface area (Å²) in [5.41, 5.74) is 3.94. The first-order valence-corrected chi connectivity index (χ1v) is 9.38. The average molecular weight is 395 g/mol. The molecule has 0 saturated carbocycles. The standard InChI is InChI=1S/C22H23ClN4O/c1-14-9-10-16(11-18(14)23)26-21-24-12-15(13-25-21)20(28)27-19-8-6-5-7-17(19)22(2,3)4/h5-13H,1-4H3,(H,27,28)(H,24,25,26). The zero-order chi connectivity index (χ0) is 20.3. The van der Waals surface area contributed by atoms with Gasteiger partial charge in [-0.1, -0.05) is 56.6 Å². The van der Waals surface area contributed by atoms with Gasteiger partial charge >= 0.3 is 0 Å². The van der Waals surface area contributed by atoms with E-state index in [1.165, 1.54) is 12.4 Å². The Morgan fingerprint density at radius 3 is 2.36 bits per heavy atom. The van der Waals surface area contributed by atoms with Crippen molar-refractivity contribution >= 4 is 34.8 Å². The van der Waals surface area contributed by atoms with Gasteiger partial charge in [0.1, 0.15) is 0 Å². The Morgan fingerprint density at radius 2 is 1.71 bits per heavy atom. The van der Waals surface area contributed by atoms with E-state index in [1.807, 2.05) is 49.4 Å². The van der Waals surface area contributed by atoms with E-state index < -0.39 is 0 Å². The van der Waals surface area contributed by atoms with Gasteiger partial charge in [-0.2, -0.15) is 0 Å². The van der Waals surface area contributed by atoms with Gasteiger partial charge in [-0.3, -0.25) is 4.79 Å². The maximum absolute atomic E-state index is 12.6. The number of carbonyl (C=O) groups excluding carboxylic acids is 1. The predicted octanol–water partition coefficient (Wildman–Crippen LogP) is 5.73. The molecule has 0 saturated heterocycles. The molecule has 0 fully saturated rings. The largest absolute Gasteiger partial charge is 0.324 e. The molecule has 28 heavy (non-hydrogen) atoms. The zero-order valence-electron chi connectivity index (χ0n) is 16.4. The molecule has 1 amide bonds. The number of halogens is 1. The van der Waals surface area contributed by atoms with Gasteiger partial charge in [-0.25, -0.2) is 9.97 Å². The third kappa shape index (κ3) is 4.67. The van der Waals surface area contributed by atoms with E-state index >= 15 is 0 Å². The lowest BCUT2D eigenvalue weighted by molar-refractivity contribution is 0.102. The van der Waals surface area contributed by atoms with Gasteiger partial charge in [0.15, 0.2) is 0 Å². The van der Waals surface area contributed by atoms with Crippen molar-refractivity contribution in [2.45, 2.75) is 33.1 Å². The number of aryl methyl sites for hydroxylation is 1. The third-order valence-corrected chi connectivity index (χ3v) is 4.73. The summed E-state index contributed by atoms with van der Waals surface area (Å²) in [6.45, 7) is 8.27. The van der Waals surface area contributed by atoms with Crippen molar-refractivity contribution in [3.8, 4) is 0 Å². The number of nitrogens with one attached hydrogen (secondary N) is 2. The van der Waals surface area contributed by atoms with E-state index in [0.717, 1.165) is 22.5 Å². The number of carbonyl (C=O) groups is 1. The van der Waals surface area contributed by atoms with Crippen LogP contribution in [0.4, 0.5) is 17.3 Å². The molecule has 0 aliphatic carbocycles. The molecule has 0 aliphatic heterocycles. The molecule has 0 radical (unpaired) electrons. The molecule has 2 N–H and O–H groups in total. The number of benzene rings is 2. The zero-order valence-corrected chi connectivity index (χ0v) is 17.1. The van der Waals surface area contributed by atoms with E-state index in [-0.39, 0.29) is 11.3 Å². The number of anilines is 3. The molecule has 0 atom stereocenters.